The molecule has 2 aromatic carbocycles. The molecular weight excluding hydrogens is 421 g/mol. The van der Waals surface area contributed by atoms with Gasteiger partial charge in [-0.3, -0.25) is 4.79 Å². The van der Waals surface area contributed by atoms with E-state index >= 15 is 0 Å². The van der Waals surface area contributed by atoms with Gasteiger partial charge in [-0.1, -0.05) is 6.07 Å². The van der Waals surface area contributed by atoms with E-state index in [9.17, 15) is 19.1 Å². The molecule has 4 rings (SSSR count). The number of anilines is 2. The van der Waals surface area contributed by atoms with E-state index in [1.165, 1.54) is 41.8 Å². The standard InChI is InChI=1S/C22H16FN3O4S/c23-14-4-6-15(7-5-14)26-21(27)12-2-1-3-16(8-12)30-10-13-11-31-19-17(22(28)29)9-25-20(24)18(13)19/h1-9,11H,10H2,(H2,24,25)(H,26,27)(H,28,29). The highest BCUT2D eigenvalue weighted by molar-refractivity contribution is 7.17. The van der Waals surface area contributed by atoms with Crippen LogP contribution >= 0.6 is 11.3 Å². The molecule has 0 bridgehead atoms. The van der Waals surface area contributed by atoms with Crippen molar-refractivity contribution in [1.82, 2.24) is 4.98 Å². The maximum absolute atomic E-state index is 13.0. The lowest BCUT2D eigenvalue weighted by atomic mass is 10.1. The van der Waals surface area contributed by atoms with Crippen LogP contribution in [0.1, 0.15) is 26.3 Å². The summed E-state index contributed by atoms with van der Waals surface area (Å²) in [6.07, 6.45) is 1.24. The number of nitrogen functional groups attached to an aromatic ring is 1. The molecule has 4 N–H and O–H groups in total. The number of nitrogens with zero attached hydrogens (tertiary/aromatic N) is 1. The Morgan fingerprint density at radius 3 is 2.71 bits per heavy atom. The number of hydrogen-bond acceptors (Lipinski definition) is 6. The molecular formula is C22H16FN3O4S. The molecule has 0 saturated heterocycles. The Bertz CT molecular complexity index is 1290. The van der Waals surface area contributed by atoms with Crippen LogP contribution in [0.15, 0.2) is 60.1 Å². The smallest absolute Gasteiger partial charge is 0.338 e. The molecule has 4 aromatic rings. The highest BCUT2D eigenvalue weighted by atomic mass is 32.1. The number of carbonyl (C=O) groups excluding carboxylic acids is 1. The zero-order valence-electron chi connectivity index (χ0n) is 16.0. The number of aromatic nitrogens is 1. The molecule has 0 fully saturated rings. The van der Waals surface area contributed by atoms with Crippen molar-refractivity contribution in [2.45, 2.75) is 6.61 Å². The first-order valence-electron chi connectivity index (χ1n) is 9.10. The molecule has 0 unspecified atom stereocenters. The number of pyridine rings is 1. The minimum absolute atomic E-state index is 0.0833. The number of thiophene rings is 1. The predicted molar refractivity (Wildman–Crippen MR) is 116 cm³/mol. The van der Waals surface area contributed by atoms with Crippen molar-refractivity contribution in [1.29, 1.82) is 0 Å². The number of halogens is 1. The van der Waals surface area contributed by atoms with E-state index in [-0.39, 0.29) is 29.7 Å². The number of fused-ring (bicyclic) bond motifs is 1. The number of nitrogens with one attached hydrogen (secondary N) is 1. The fraction of sp³-hybridized carbons (Fsp3) is 0.0455. The fourth-order valence-electron chi connectivity index (χ4n) is 3.01. The van der Waals surface area contributed by atoms with Crippen molar-refractivity contribution >= 4 is 44.8 Å². The molecule has 0 aliphatic heterocycles. The van der Waals surface area contributed by atoms with Gasteiger partial charge < -0.3 is 20.9 Å². The quantitative estimate of drug-likeness (QED) is 0.408. The van der Waals surface area contributed by atoms with Crippen LogP contribution in [-0.2, 0) is 6.61 Å². The van der Waals surface area contributed by atoms with Crippen molar-refractivity contribution in [3.8, 4) is 5.75 Å². The third kappa shape index (κ3) is 4.31. The number of amides is 1. The Kier molecular flexibility index (Phi) is 5.50. The summed E-state index contributed by atoms with van der Waals surface area (Å²) in [6.45, 7) is 0.123. The van der Waals surface area contributed by atoms with Gasteiger partial charge in [0.2, 0.25) is 0 Å². The third-order valence-corrected chi connectivity index (χ3v) is 5.59. The molecule has 2 heterocycles. The molecule has 0 aliphatic carbocycles. The van der Waals surface area contributed by atoms with Gasteiger partial charge in [-0.05, 0) is 47.8 Å². The summed E-state index contributed by atoms with van der Waals surface area (Å²) in [5, 5.41) is 14.4. The van der Waals surface area contributed by atoms with Gasteiger partial charge in [0.1, 0.15) is 24.0 Å². The van der Waals surface area contributed by atoms with E-state index in [2.05, 4.69) is 10.3 Å². The first-order valence-corrected chi connectivity index (χ1v) is 9.98. The molecule has 7 nitrogen and oxygen atoms in total. The first kappa shape index (κ1) is 20.3. The highest BCUT2D eigenvalue weighted by Crippen LogP contribution is 2.33. The van der Waals surface area contributed by atoms with E-state index in [1.54, 1.807) is 29.6 Å². The summed E-state index contributed by atoms with van der Waals surface area (Å²) in [5.41, 5.74) is 7.58. The van der Waals surface area contributed by atoms with Gasteiger partial charge in [0.15, 0.2) is 0 Å². The lowest BCUT2D eigenvalue weighted by Gasteiger charge is -2.09. The summed E-state index contributed by atoms with van der Waals surface area (Å²) in [4.78, 5) is 27.8. The molecule has 0 atom stereocenters. The number of ether oxygens (including phenoxy) is 1. The van der Waals surface area contributed by atoms with Gasteiger partial charge in [0, 0.05) is 28.4 Å². The van der Waals surface area contributed by atoms with Gasteiger partial charge >= 0.3 is 5.97 Å². The van der Waals surface area contributed by atoms with Crippen molar-refractivity contribution in [2.24, 2.45) is 0 Å². The van der Waals surface area contributed by atoms with Crippen LogP contribution in [0.4, 0.5) is 15.9 Å². The number of hydrogen-bond donors (Lipinski definition) is 3. The molecule has 2 aromatic heterocycles. The summed E-state index contributed by atoms with van der Waals surface area (Å²) >= 11 is 1.26. The summed E-state index contributed by atoms with van der Waals surface area (Å²) in [7, 11) is 0. The number of rotatable bonds is 6. The molecule has 0 radical (unpaired) electrons. The van der Waals surface area contributed by atoms with Crippen molar-refractivity contribution in [3.63, 3.8) is 0 Å². The first-order chi connectivity index (χ1) is 14.9. The Morgan fingerprint density at radius 2 is 1.97 bits per heavy atom. The number of carboxylic acid groups (broad SMARTS) is 1. The van der Waals surface area contributed by atoms with Crippen molar-refractivity contribution in [3.05, 3.63) is 82.6 Å². The number of aromatic carboxylic acids is 1. The monoisotopic (exact) mass is 437 g/mol. The minimum Gasteiger partial charge on any atom is -0.489 e. The van der Waals surface area contributed by atoms with E-state index in [1.807, 2.05) is 0 Å². The predicted octanol–water partition coefficient (Wildman–Crippen LogP) is 4.55. The van der Waals surface area contributed by atoms with E-state index in [0.29, 0.717) is 32.6 Å². The van der Waals surface area contributed by atoms with Crippen molar-refractivity contribution in [2.75, 3.05) is 11.1 Å². The van der Waals surface area contributed by atoms with Gasteiger partial charge in [0.05, 0.1) is 10.3 Å². The molecule has 9 heteroatoms. The largest absolute Gasteiger partial charge is 0.489 e. The topological polar surface area (TPSA) is 115 Å². The average Bonchev–Trinajstić information content (AvgIpc) is 3.19. The second kappa shape index (κ2) is 8.41. The SMILES string of the molecule is Nc1ncc(C(=O)O)c2scc(COc3cccc(C(=O)Nc4ccc(F)cc4)c3)c12. The Morgan fingerprint density at radius 1 is 1.19 bits per heavy atom. The van der Waals surface area contributed by atoms with Crippen LogP contribution in [0.3, 0.4) is 0 Å². The zero-order valence-corrected chi connectivity index (χ0v) is 16.8. The number of nitrogens with two attached hydrogens (primary N) is 1. The number of benzene rings is 2. The van der Waals surface area contributed by atoms with Gasteiger partial charge in [-0.2, -0.15) is 0 Å². The number of carbonyl (C=O) groups is 2. The average molecular weight is 437 g/mol. The maximum Gasteiger partial charge on any atom is 0.338 e. The van der Waals surface area contributed by atoms with E-state index in [4.69, 9.17) is 10.5 Å². The summed E-state index contributed by atoms with van der Waals surface area (Å²) in [5.74, 6) is -1.15. The van der Waals surface area contributed by atoms with Crippen LogP contribution in [0, 0.1) is 5.82 Å². The minimum atomic E-state index is -1.08. The van der Waals surface area contributed by atoms with Gasteiger partial charge in [-0.25, -0.2) is 14.2 Å². The summed E-state index contributed by atoms with van der Waals surface area (Å²) in [6, 6.07) is 12.1. The van der Waals surface area contributed by atoms with Gasteiger partial charge in [0.25, 0.3) is 5.91 Å². The van der Waals surface area contributed by atoms with E-state index < -0.39 is 5.97 Å². The molecule has 0 aliphatic rings. The number of carboxylic acids is 1. The second-order valence-corrected chi connectivity index (χ2v) is 7.48. The zero-order chi connectivity index (χ0) is 22.0. The molecule has 31 heavy (non-hydrogen) atoms. The Labute approximate surface area is 179 Å². The molecule has 156 valence electrons. The fourth-order valence-corrected chi connectivity index (χ4v) is 4.08. The molecule has 0 saturated carbocycles. The Hall–Kier alpha value is -3.98. The molecule has 1 amide bonds. The normalized spacial score (nSPS) is 10.7. The third-order valence-electron chi connectivity index (χ3n) is 4.52. The summed E-state index contributed by atoms with van der Waals surface area (Å²) < 4.78 is 19.4. The van der Waals surface area contributed by atoms with Crippen LogP contribution in [-0.4, -0.2) is 22.0 Å². The lowest BCUT2D eigenvalue weighted by molar-refractivity contribution is 0.0698. The van der Waals surface area contributed by atoms with Crippen molar-refractivity contribution < 1.29 is 23.8 Å². The van der Waals surface area contributed by atoms with Gasteiger partial charge in [-0.15, -0.1) is 11.3 Å². The highest BCUT2D eigenvalue weighted by Gasteiger charge is 2.17. The van der Waals surface area contributed by atoms with Crippen LogP contribution in [0.2, 0.25) is 0 Å². The van der Waals surface area contributed by atoms with Crippen LogP contribution < -0.4 is 15.8 Å². The lowest BCUT2D eigenvalue weighted by Crippen LogP contribution is -2.12. The van der Waals surface area contributed by atoms with E-state index in [0.717, 1.165) is 0 Å². The second-order valence-electron chi connectivity index (χ2n) is 6.60. The Balaban J connectivity index is 1.51. The van der Waals surface area contributed by atoms with Crippen LogP contribution in [0.5, 0.6) is 5.75 Å². The molecule has 0 spiro atoms. The maximum atomic E-state index is 13.0. The van der Waals surface area contributed by atoms with Crippen LogP contribution in [0.25, 0.3) is 10.1 Å².